The third-order valence-electron chi connectivity index (χ3n) is 2.70. The zero-order chi connectivity index (χ0) is 14.8. The molecule has 0 amide bonds. The highest BCUT2D eigenvalue weighted by Gasteiger charge is 2.14. The molecule has 0 spiro atoms. The van der Waals surface area contributed by atoms with Gasteiger partial charge in [-0.2, -0.15) is 0 Å². The maximum absolute atomic E-state index is 6.19. The van der Waals surface area contributed by atoms with Crippen molar-refractivity contribution in [2.24, 2.45) is 0 Å². The molecule has 0 aliphatic carbocycles. The van der Waals surface area contributed by atoms with Crippen molar-refractivity contribution in [2.75, 3.05) is 11.9 Å². The largest absolute Gasteiger partial charge is 0.431 e. The lowest BCUT2D eigenvalue weighted by molar-refractivity contribution is 0.489. The quantitative estimate of drug-likeness (QED) is 0.715. The van der Waals surface area contributed by atoms with Gasteiger partial charge in [-0.15, -0.1) is 0 Å². The van der Waals surface area contributed by atoms with Gasteiger partial charge >= 0.3 is 0 Å². The highest BCUT2D eigenvalue weighted by molar-refractivity contribution is 7.99. The summed E-state index contributed by atoms with van der Waals surface area (Å²) in [4.78, 5) is 8.81. The molecule has 108 valence electrons. The summed E-state index contributed by atoms with van der Waals surface area (Å²) in [6, 6.07) is 9.24. The monoisotopic (exact) mass is 339 g/mol. The highest BCUT2D eigenvalue weighted by Crippen LogP contribution is 2.36. The minimum Gasteiger partial charge on any atom is -0.431 e. The summed E-state index contributed by atoms with van der Waals surface area (Å²) < 4.78 is 5.66. The topological polar surface area (TPSA) is 51.0 Å². The number of hydrogen-bond acceptors (Lipinski definition) is 5. The first-order valence-corrected chi connectivity index (χ1v) is 7.88. The standard InChI is InChI=1S/C14H11Cl2N3OS/c1-2-17-12-8(15)7-9(16)13(19-12)21-14-18-10-5-3-4-6-11(10)20-14/h3-7H,2H2,1H3,(H,17,19). The smallest absolute Gasteiger partial charge is 0.263 e. The number of rotatable bonds is 4. The summed E-state index contributed by atoms with van der Waals surface area (Å²) >= 11 is 13.5. The van der Waals surface area contributed by atoms with Gasteiger partial charge in [-0.25, -0.2) is 9.97 Å². The SMILES string of the molecule is CCNc1nc(Sc2nc3ccccc3o2)c(Cl)cc1Cl. The van der Waals surface area contributed by atoms with Gasteiger partial charge < -0.3 is 9.73 Å². The summed E-state index contributed by atoms with van der Waals surface area (Å²) in [5, 5.41) is 5.14. The van der Waals surface area contributed by atoms with Crippen LogP contribution in [0.2, 0.25) is 10.0 Å². The van der Waals surface area contributed by atoms with Crippen LogP contribution in [0.5, 0.6) is 0 Å². The molecule has 21 heavy (non-hydrogen) atoms. The van der Waals surface area contributed by atoms with Crippen molar-refractivity contribution < 1.29 is 4.42 Å². The molecule has 0 aliphatic rings. The van der Waals surface area contributed by atoms with Crippen LogP contribution in [0.15, 0.2) is 45.0 Å². The minimum absolute atomic E-state index is 0.467. The lowest BCUT2D eigenvalue weighted by Crippen LogP contribution is -2.00. The Morgan fingerprint density at radius 3 is 2.76 bits per heavy atom. The molecule has 1 aromatic carbocycles. The average Bonchev–Trinajstić information content (AvgIpc) is 2.86. The van der Waals surface area contributed by atoms with Gasteiger partial charge in [-0.05, 0) is 36.9 Å². The Bertz CT molecular complexity index is 758. The van der Waals surface area contributed by atoms with E-state index in [4.69, 9.17) is 27.6 Å². The number of hydrogen-bond donors (Lipinski definition) is 1. The molecule has 0 saturated heterocycles. The predicted octanol–water partition coefficient (Wildman–Crippen LogP) is 5.11. The van der Waals surface area contributed by atoms with Crippen molar-refractivity contribution in [3.8, 4) is 0 Å². The maximum atomic E-state index is 6.19. The second kappa shape index (κ2) is 6.13. The van der Waals surface area contributed by atoms with E-state index >= 15 is 0 Å². The number of anilines is 1. The van der Waals surface area contributed by atoms with Crippen LogP contribution in [0.4, 0.5) is 5.82 Å². The number of nitrogens with zero attached hydrogens (tertiary/aromatic N) is 2. The fourth-order valence-corrected chi connectivity index (χ4v) is 3.07. The molecule has 0 bridgehead atoms. The van der Waals surface area contributed by atoms with Crippen LogP contribution < -0.4 is 5.32 Å². The lowest BCUT2D eigenvalue weighted by Gasteiger charge is -2.08. The first kappa shape index (κ1) is 14.5. The summed E-state index contributed by atoms with van der Waals surface area (Å²) in [6.07, 6.45) is 0. The number of fused-ring (bicyclic) bond motifs is 1. The second-order valence-electron chi connectivity index (χ2n) is 4.19. The molecule has 1 N–H and O–H groups in total. The Morgan fingerprint density at radius 1 is 1.19 bits per heavy atom. The van der Waals surface area contributed by atoms with Gasteiger partial charge in [-0.1, -0.05) is 35.3 Å². The molecule has 4 nitrogen and oxygen atoms in total. The van der Waals surface area contributed by atoms with Gasteiger partial charge in [0, 0.05) is 6.54 Å². The van der Waals surface area contributed by atoms with Gasteiger partial charge in [0.15, 0.2) is 5.58 Å². The maximum Gasteiger partial charge on any atom is 0.263 e. The number of benzene rings is 1. The van der Waals surface area contributed by atoms with E-state index in [2.05, 4.69) is 15.3 Å². The molecule has 0 fully saturated rings. The normalized spacial score (nSPS) is 11.0. The Balaban J connectivity index is 1.94. The molecular formula is C14H11Cl2N3OS. The minimum atomic E-state index is 0.467. The van der Waals surface area contributed by atoms with Gasteiger partial charge in [-0.3, -0.25) is 0 Å². The summed E-state index contributed by atoms with van der Waals surface area (Å²) in [5.41, 5.74) is 1.54. The van der Waals surface area contributed by atoms with Crippen molar-refractivity contribution in [3.63, 3.8) is 0 Å². The first-order chi connectivity index (χ1) is 10.2. The summed E-state index contributed by atoms with van der Waals surface area (Å²) in [6.45, 7) is 2.70. The van der Waals surface area contributed by atoms with Gasteiger partial charge in [0.2, 0.25) is 0 Å². The first-order valence-electron chi connectivity index (χ1n) is 6.30. The molecule has 0 radical (unpaired) electrons. The third kappa shape index (κ3) is 3.10. The van der Waals surface area contributed by atoms with Crippen molar-refractivity contribution >= 4 is 51.9 Å². The summed E-state index contributed by atoms with van der Waals surface area (Å²) in [7, 11) is 0. The Morgan fingerprint density at radius 2 is 2.00 bits per heavy atom. The Labute approximate surface area is 135 Å². The number of pyridine rings is 1. The van der Waals surface area contributed by atoms with E-state index in [0.717, 1.165) is 17.6 Å². The second-order valence-corrected chi connectivity index (χ2v) is 5.94. The molecular weight excluding hydrogens is 329 g/mol. The van der Waals surface area contributed by atoms with E-state index in [-0.39, 0.29) is 0 Å². The van der Waals surface area contributed by atoms with E-state index in [9.17, 15) is 0 Å². The summed E-state index contributed by atoms with van der Waals surface area (Å²) in [5.74, 6) is 0.599. The molecule has 0 unspecified atom stereocenters. The van der Waals surface area contributed by atoms with Crippen molar-refractivity contribution in [3.05, 3.63) is 40.4 Å². The zero-order valence-electron chi connectivity index (χ0n) is 11.1. The van der Waals surface area contributed by atoms with Crippen LogP contribution in [-0.2, 0) is 0 Å². The number of halogens is 2. The van der Waals surface area contributed by atoms with E-state index in [1.165, 1.54) is 11.8 Å². The molecule has 7 heteroatoms. The third-order valence-corrected chi connectivity index (χ3v) is 4.24. The van der Waals surface area contributed by atoms with Crippen LogP contribution in [0.25, 0.3) is 11.1 Å². The average molecular weight is 340 g/mol. The molecule has 3 rings (SSSR count). The molecule has 2 heterocycles. The zero-order valence-corrected chi connectivity index (χ0v) is 13.4. The van der Waals surface area contributed by atoms with Crippen LogP contribution >= 0.6 is 35.0 Å². The lowest BCUT2D eigenvalue weighted by atomic mass is 10.3. The molecule has 0 atom stereocenters. The highest BCUT2D eigenvalue weighted by atomic mass is 35.5. The molecule has 2 aromatic heterocycles. The fraction of sp³-hybridized carbons (Fsp3) is 0.143. The number of para-hydroxylation sites is 2. The van der Waals surface area contributed by atoms with Crippen LogP contribution in [-0.4, -0.2) is 16.5 Å². The van der Waals surface area contributed by atoms with Crippen molar-refractivity contribution in [1.82, 2.24) is 9.97 Å². The van der Waals surface area contributed by atoms with Gasteiger partial charge in [0.1, 0.15) is 16.4 Å². The van der Waals surface area contributed by atoms with Crippen LogP contribution in [0.1, 0.15) is 6.92 Å². The predicted molar refractivity (Wildman–Crippen MR) is 86.6 cm³/mol. The van der Waals surface area contributed by atoms with Crippen LogP contribution in [0, 0.1) is 0 Å². The molecule has 0 aliphatic heterocycles. The van der Waals surface area contributed by atoms with Gasteiger partial charge in [0.05, 0.1) is 10.0 Å². The Hall–Kier alpha value is -1.43. The number of oxazole rings is 1. The van der Waals surface area contributed by atoms with E-state index < -0.39 is 0 Å². The van der Waals surface area contributed by atoms with E-state index in [0.29, 0.717) is 26.1 Å². The Kier molecular flexibility index (Phi) is 4.24. The molecule has 0 saturated carbocycles. The van der Waals surface area contributed by atoms with E-state index in [1.807, 2.05) is 31.2 Å². The van der Waals surface area contributed by atoms with Crippen LogP contribution in [0.3, 0.4) is 0 Å². The number of nitrogens with one attached hydrogen (secondary N) is 1. The van der Waals surface area contributed by atoms with Gasteiger partial charge in [0.25, 0.3) is 5.22 Å². The van der Waals surface area contributed by atoms with E-state index in [1.54, 1.807) is 6.07 Å². The fourth-order valence-electron chi connectivity index (χ4n) is 1.79. The molecule has 3 aromatic rings. The number of aromatic nitrogens is 2. The van der Waals surface area contributed by atoms with Crippen molar-refractivity contribution in [2.45, 2.75) is 17.2 Å². The van der Waals surface area contributed by atoms with Crippen molar-refractivity contribution in [1.29, 1.82) is 0 Å².